The Morgan fingerprint density at radius 1 is 0.820 bits per heavy atom. The number of anilines is 5. The fraction of sp³-hybridized carbons (Fsp3) is 0.457. The minimum Gasteiger partial charge on any atom is -0.385 e. The predicted molar refractivity (Wildman–Crippen MR) is 242 cm³/mol. The quantitative estimate of drug-likeness (QED) is 0.0440. The van der Waals surface area contributed by atoms with E-state index >= 15 is 0 Å². The molecule has 5 heterocycles. The molecule has 0 unspecified atom stereocenters. The number of hydrogen-bond donors (Lipinski definition) is 3. The summed E-state index contributed by atoms with van der Waals surface area (Å²) in [6, 6.07) is 13.5. The van der Waals surface area contributed by atoms with Crippen LogP contribution in [0.25, 0.3) is 11.0 Å². The normalized spacial score (nSPS) is 14.9. The van der Waals surface area contributed by atoms with E-state index in [1.807, 2.05) is 62.5 Å². The average molecular weight is 827 g/mol. The summed E-state index contributed by atoms with van der Waals surface area (Å²) in [7, 11) is 0. The molecule has 320 valence electrons. The Bertz CT molecular complexity index is 2380. The lowest BCUT2D eigenvalue weighted by molar-refractivity contribution is 0.101. The number of piperazine rings is 1. The summed E-state index contributed by atoms with van der Waals surface area (Å²) in [4.78, 5) is 61.8. The number of ketones is 1. The molecule has 61 heavy (non-hydrogen) atoms. The third-order valence-corrected chi connectivity index (χ3v) is 11.8. The molecule has 1 aliphatic heterocycles. The number of Topliss-reactive ketones (excluding diaryl/α,β-unsaturated/α-hetero) is 1. The summed E-state index contributed by atoms with van der Waals surface area (Å²) >= 11 is 0. The second-order valence-corrected chi connectivity index (χ2v) is 16.2. The Balaban J connectivity index is 0.781. The number of aryl methyl sites for hydroxylation is 2. The summed E-state index contributed by atoms with van der Waals surface area (Å²) in [6.45, 7) is 12.9. The smallest absolute Gasteiger partial charge is 0.263 e. The van der Waals surface area contributed by atoms with Crippen molar-refractivity contribution in [1.29, 1.82) is 0 Å². The molecule has 0 spiro atoms. The first-order valence-electron chi connectivity index (χ1n) is 21.7. The second kappa shape index (κ2) is 20.4. The number of nitrogens with one attached hydrogen (secondary N) is 3. The number of carbonyl (C=O) groups excluding carboxylic acids is 2. The van der Waals surface area contributed by atoms with Gasteiger partial charge < -0.3 is 20.9 Å². The molecule has 1 amide bonds. The Hall–Kier alpha value is -6.09. The Labute approximate surface area is 357 Å². The molecule has 2 fully saturated rings. The van der Waals surface area contributed by atoms with E-state index in [1.54, 1.807) is 23.9 Å². The number of hydrogen-bond acceptors (Lipinski definition) is 13. The molecular weight excluding hydrogens is 769 g/mol. The molecule has 0 atom stereocenters. The molecule has 1 saturated heterocycles. The van der Waals surface area contributed by atoms with Crippen molar-refractivity contribution >= 4 is 51.6 Å². The van der Waals surface area contributed by atoms with Gasteiger partial charge in [-0.05, 0) is 101 Å². The first-order valence-corrected chi connectivity index (χ1v) is 21.7. The van der Waals surface area contributed by atoms with Gasteiger partial charge >= 0.3 is 0 Å². The Kier molecular flexibility index (Phi) is 14.4. The van der Waals surface area contributed by atoms with Crippen LogP contribution >= 0.6 is 0 Å². The van der Waals surface area contributed by atoms with Gasteiger partial charge in [0.25, 0.3) is 11.5 Å². The molecule has 15 heteroatoms. The molecule has 5 aromatic rings. The Morgan fingerprint density at radius 3 is 2.34 bits per heavy atom. The Morgan fingerprint density at radius 2 is 1.61 bits per heavy atom. The van der Waals surface area contributed by atoms with Gasteiger partial charge in [0.15, 0.2) is 5.78 Å². The van der Waals surface area contributed by atoms with E-state index in [0.717, 1.165) is 125 Å². The first-order chi connectivity index (χ1) is 29.7. The molecule has 4 aromatic heterocycles. The topological polar surface area (TPSA) is 175 Å². The van der Waals surface area contributed by atoms with E-state index in [4.69, 9.17) is 4.98 Å². The van der Waals surface area contributed by atoms with E-state index in [0.29, 0.717) is 40.9 Å². The fourth-order valence-corrected chi connectivity index (χ4v) is 8.30. The van der Waals surface area contributed by atoms with Crippen molar-refractivity contribution in [1.82, 2.24) is 29.4 Å². The molecule has 15 nitrogen and oxygen atoms in total. The number of benzene rings is 1. The van der Waals surface area contributed by atoms with Crippen molar-refractivity contribution in [3.63, 3.8) is 0 Å². The van der Waals surface area contributed by atoms with Crippen LogP contribution in [0.2, 0.25) is 0 Å². The van der Waals surface area contributed by atoms with E-state index in [-0.39, 0.29) is 28.9 Å². The van der Waals surface area contributed by atoms with Crippen molar-refractivity contribution in [3.8, 4) is 0 Å². The highest BCUT2D eigenvalue weighted by Gasteiger charge is 2.26. The van der Waals surface area contributed by atoms with Crippen LogP contribution in [-0.2, 0) is 0 Å². The molecular formula is C46H58N12O3. The number of rotatable bonds is 18. The number of carbonyl (C=O) groups is 2. The number of fused-ring (bicyclic) bond motifs is 1. The van der Waals surface area contributed by atoms with Crippen LogP contribution in [0.4, 0.5) is 28.8 Å². The molecule has 3 N–H and O–H groups in total. The maximum absolute atomic E-state index is 13.6. The number of nitrogens with zero attached hydrogens (tertiary/aromatic N) is 9. The van der Waals surface area contributed by atoms with Crippen molar-refractivity contribution in [3.05, 3.63) is 99.4 Å². The minimum atomic E-state index is -0.264. The maximum atomic E-state index is 13.6. The zero-order valence-electron chi connectivity index (χ0n) is 35.9. The van der Waals surface area contributed by atoms with E-state index in [1.165, 1.54) is 6.92 Å². The van der Waals surface area contributed by atoms with Gasteiger partial charge in [-0.2, -0.15) is 15.2 Å². The number of unbranched alkanes of at least 4 members (excludes halogenated alkanes) is 4. The zero-order valence-corrected chi connectivity index (χ0v) is 35.9. The zero-order chi connectivity index (χ0) is 42.7. The van der Waals surface area contributed by atoms with Crippen LogP contribution in [0.15, 0.2) is 76.1 Å². The van der Waals surface area contributed by atoms with Gasteiger partial charge in [-0.3, -0.25) is 28.8 Å². The highest BCUT2D eigenvalue weighted by atomic mass is 16.2. The summed E-state index contributed by atoms with van der Waals surface area (Å²) in [5.74, 6) is 0.599. The lowest BCUT2D eigenvalue weighted by Gasteiger charge is -2.34. The molecule has 7 rings (SSSR count). The summed E-state index contributed by atoms with van der Waals surface area (Å²) < 4.78 is 1.72. The van der Waals surface area contributed by atoms with Gasteiger partial charge in [0, 0.05) is 67.3 Å². The molecule has 1 aliphatic carbocycles. The van der Waals surface area contributed by atoms with Crippen LogP contribution in [-0.4, -0.2) is 87.0 Å². The first kappa shape index (κ1) is 43.0. The van der Waals surface area contributed by atoms with Crippen LogP contribution in [0.5, 0.6) is 0 Å². The molecule has 1 aromatic carbocycles. The molecule has 2 aliphatic rings. The molecule has 1 saturated carbocycles. The fourth-order valence-electron chi connectivity index (χ4n) is 8.30. The maximum Gasteiger partial charge on any atom is 0.263 e. The number of azo groups is 1. The third-order valence-electron chi connectivity index (χ3n) is 11.8. The van der Waals surface area contributed by atoms with Crippen LogP contribution < -0.4 is 26.4 Å². The van der Waals surface area contributed by atoms with Gasteiger partial charge in [-0.1, -0.05) is 38.2 Å². The SMILES string of the molecule is CC(=O)c1c(C)c2cnc(Nc3ccc(N4CCN(CN=NCCCCCCCNc5cccc(C(=O)Nc6ccc(C)nc6)c5C)CC4)cn3)nc2n(C2CCCC2)c1=O. The monoisotopic (exact) mass is 826 g/mol. The van der Waals surface area contributed by atoms with E-state index in [9.17, 15) is 14.4 Å². The minimum absolute atomic E-state index is 0.0212. The van der Waals surface area contributed by atoms with Gasteiger partial charge in [-0.15, -0.1) is 0 Å². The van der Waals surface area contributed by atoms with Gasteiger partial charge in [-0.25, -0.2) is 9.97 Å². The van der Waals surface area contributed by atoms with Crippen LogP contribution in [0.3, 0.4) is 0 Å². The number of pyridine rings is 3. The van der Waals surface area contributed by atoms with Gasteiger partial charge in [0.1, 0.15) is 18.1 Å². The lowest BCUT2D eigenvalue weighted by Crippen LogP contribution is -2.46. The second-order valence-electron chi connectivity index (χ2n) is 16.2. The van der Waals surface area contributed by atoms with Crippen molar-refractivity contribution in [2.45, 2.75) is 91.5 Å². The highest BCUT2D eigenvalue weighted by molar-refractivity contribution is 6.06. The summed E-state index contributed by atoms with van der Waals surface area (Å²) in [5, 5.41) is 19.3. The van der Waals surface area contributed by atoms with Crippen molar-refractivity contribution in [2.75, 3.05) is 66.8 Å². The third kappa shape index (κ3) is 10.8. The highest BCUT2D eigenvalue weighted by Crippen LogP contribution is 2.32. The van der Waals surface area contributed by atoms with Crippen molar-refractivity contribution < 1.29 is 9.59 Å². The molecule has 0 bridgehead atoms. The van der Waals surface area contributed by atoms with E-state index in [2.05, 4.69) is 50.9 Å². The largest absolute Gasteiger partial charge is 0.385 e. The number of amides is 1. The number of aromatic nitrogens is 5. The van der Waals surface area contributed by atoms with Crippen molar-refractivity contribution in [2.24, 2.45) is 10.2 Å². The molecule has 0 radical (unpaired) electrons. The lowest BCUT2D eigenvalue weighted by atomic mass is 10.0. The van der Waals surface area contributed by atoms with Crippen LogP contribution in [0, 0.1) is 20.8 Å². The standard InChI is InChI=1S/C46H58N12O3/c1-31-17-18-35(27-48-31)53-44(60)38-15-12-16-40(32(38)2)47-21-10-6-5-7-11-22-51-52-30-56-23-25-57(26-24-56)37-19-20-41(49-28-37)54-46-50-29-39-33(3)42(34(4)59)45(61)58(43(39)55-46)36-13-8-9-14-36/h12,15-20,27-29,36,47H,5-11,13-14,21-26,30H2,1-4H3,(H,53,60)(H,49,50,54,55). The van der Waals surface area contributed by atoms with Gasteiger partial charge in [0.2, 0.25) is 5.95 Å². The van der Waals surface area contributed by atoms with Crippen LogP contribution in [0.1, 0.15) is 108 Å². The summed E-state index contributed by atoms with van der Waals surface area (Å²) in [6.07, 6.45) is 14.6. The predicted octanol–water partition coefficient (Wildman–Crippen LogP) is 8.41. The van der Waals surface area contributed by atoms with E-state index < -0.39 is 0 Å². The summed E-state index contributed by atoms with van der Waals surface area (Å²) in [5.41, 5.74) is 6.36. The average Bonchev–Trinajstić information content (AvgIpc) is 3.79. The van der Waals surface area contributed by atoms with Gasteiger partial charge in [0.05, 0.1) is 35.9 Å².